The number of hydrogen-bond acceptors (Lipinski definition) is 5. The van der Waals surface area contributed by atoms with Crippen LogP contribution in [0.5, 0.6) is 5.88 Å². The van der Waals surface area contributed by atoms with Crippen molar-refractivity contribution < 1.29 is 45.1 Å². The molecule has 0 bridgehead atoms. The van der Waals surface area contributed by atoms with Crippen molar-refractivity contribution in [2.75, 3.05) is 6.61 Å². The molecule has 15 heteroatoms. The van der Waals surface area contributed by atoms with E-state index >= 15 is 0 Å². The number of rotatable bonds is 11. The summed E-state index contributed by atoms with van der Waals surface area (Å²) in [4.78, 5) is 34.4. The number of nitrogens with one attached hydrogen (secondary N) is 2. The molecule has 1 aliphatic heterocycles. The number of alkyl halides is 7. The molecule has 2 saturated carbocycles. The second-order valence-electron chi connectivity index (χ2n) is 12.2. The standard InChI is InChI=1S/C31H32ClF7N4O3/c1-29(35,36)30(8-9-30)28(45)40-14-16-2-7-23(32)17(10-16)11-21-12-18-13-22(27(43-25(18)41-21)46-15-24(33)34)26(44)42-20-5-3-19(4-6-20)31(37,38)39/h2,7,10,13,19-20,24H,3-6,8-9,11-12,14-15H2,1H3,(H,40,45)(H,42,44). The van der Waals surface area contributed by atoms with Crippen LogP contribution < -0.4 is 15.4 Å². The molecule has 2 N–H and O–H groups in total. The van der Waals surface area contributed by atoms with Gasteiger partial charge in [-0.25, -0.2) is 22.6 Å². The maximum Gasteiger partial charge on any atom is 0.391 e. The molecule has 2 aromatic rings. The Morgan fingerprint density at radius 2 is 1.78 bits per heavy atom. The minimum absolute atomic E-state index is 0.0102. The van der Waals surface area contributed by atoms with Gasteiger partial charge in [0.05, 0.1) is 5.92 Å². The van der Waals surface area contributed by atoms with Crippen LogP contribution >= 0.6 is 11.6 Å². The molecule has 46 heavy (non-hydrogen) atoms. The molecule has 0 atom stereocenters. The average Bonchev–Trinajstić information content (AvgIpc) is 3.71. The van der Waals surface area contributed by atoms with Crippen molar-refractivity contribution in [3.05, 3.63) is 51.5 Å². The number of aromatic nitrogens is 1. The lowest BCUT2D eigenvalue weighted by Gasteiger charge is -2.30. The van der Waals surface area contributed by atoms with E-state index in [0.717, 1.165) is 6.92 Å². The van der Waals surface area contributed by atoms with Crippen LogP contribution in [0.25, 0.3) is 0 Å². The largest absolute Gasteiger partial charge is 0.471 e. The number of halogens is 8. The fourth-order valence-electron chi connectivity index (χ4n) is 5.94. The van der Waals surface area contributed by atoms with Gasteiger partial charge in [-0.2, -0.15) is 18.2 Å². The average molecular weight is 677 g/mol. The van der Waals surface area contributed by atoms with E-state index in [-0.39, 0.29) is 75.2 Å². The molecule has 0 saturated heterocycles. The molecule has 7 nitrogen and oxygen atoms in total. The molecular weight excluding hydrogens is 645 g/mol. The highest BCUT2D eigenvalue weighted by Crippen LogP contribution is 2.56. The normalized spacial score (nSPS) is 20.6. The highest BCUT2D eigenvalue weighted by Gasteiger charge is 2.64. The Labute approximate surface area is 265 Å². The van der Waals surface area contributed by atoms with Gasteiger partial charge in [0.2, 0.25) is 11.8 Å². The molecule has 250 valence electrons. The van der Waals surface area contributed by atoms with E-state index in [9.17, 15) is 40.3 Å². The van der Waals surface area contributed by atoms with Crippen molar-refractivity contribution in [3.8, 4) is 5.88 Å². The molecule has 1 aromatic heterocycles. The first-order valence-corrected chi connectivity index (χ1v) is 15.3. The SMILES string of the molecule is CC(F)(F)C1(C(=O)NCc2ccc(Cl)c(CC3=Nc4nc(OCC(F)F)c(C(=O)NC5CCC(C(F)(F)F)CC5)cc4C3)c2)CC1. The lowest BCUT2D eigenvalue weighted by Crippen LogP contribution is -2.41. The Balaban J connectivity index is 1.27. The zero-order chi connectivity index (χ0) is 33.4. The summed E-state index contributed by atoms with van der Waals surface area (Å²) in [6.45, 7) is -0.281. The number of hydrogen-bond donors (Lipinski definition) is 2. The van der Waals surface area contributed by atoms with E-state index in [1.165, 1.54) is 6.07 Å². The number of carbonyl (C=O) groups excluding carboxylic acids is 2. The summed E-state index contributed by atoms with van der Waals surface area (Å²) in [5, 5.41) is 5.67. The highest BCUT2D eigenvalue weighted by molar-refractivity contribution is 6.31. The lowest BCUT2D eigenvalue weighted by atomic mass is 9.85. The van der Waals surface area contributed by atoms with Crippen LogP contribution in [-0.2, 0) is 24.2 Å². The van der Waals surface area contributed by atoms with Crippen LogP contribution in [0.4, 0.5) is 36.6 Å². The fraction of sp³-hybridized carbons (Fsp3) is 0.548. The first kappa shape index (κ1) is 33.9. The minimum atomic E-state index is -4.30. The number of aliphatic imine (C=N–C) groups is 1. The van der Waals surface area contributed by atoms with Crippen LogP contribution in [0.15, 0.2) is 29.3 Å². The van der Waals surface area contributed by atoms with Crippen LogP contribution in [0.1, 0.15) is 72.5 Å². The summed E-state index contributed by atoms with van der Waals surface area (Å²) in [6, 6.07) is 5.90. The third-order valence-corrected chi connectivity index (χ3v) is 9.17. The fourth-order valence-corrected chi connectivity index (χ4v) is 6.13. The topological polar surface area (TPSA) is 92.7 Å². The molecule has 3 aliphatic rings. The number of carbonyl (C=O) groups is 2. The van der Waals surface area contributed by atoms with Gasteiger partial charge < -0.3 is 15.4 Å². The molecule has 0 radical (unpaired) electrons. The molecular formula is C31H32ClF7N4O3. The Bertz CT molecular complexity index is 1510. The molecule has 2 fully saturated rings. The van der Waals surface area contributed by atoms with Crippen molar-refractivity contribution in [2.24, 2.45) is 16.3 Å². The first-order chi connectivity index (χ1) is 21.6. The van der Waals surface area contributed by atoms with Crippen molar-refractivity contribution in [2.45, 2.75) is 89.4 Å². The van der Waals surface area contributed by atoms with Gasteiger partial charge in [0.1, 0.15) is 11.0 Å². The molecule has 2 heterocycles. The summed E-state index contributed by atoms with van der Waals surface area (Å²) >= 11 is 6.42. The van der Waals surface area contributed by atoms with Crippen molar-refractivity contribution in [1.29, 1.82) is 0 Å². The van der Waals surface area contributed by atoms with Crippen LogP contribution in [0.2, 0.25) is 5.02 Å². The number of amides is 2. The van der Waals surface area contributed by atoms with Crippen molar-refractivity contribution in [1.82, 2.24) is 15.6 Å². The van der Waals surface area contributed by atoms with Gasteiger partial charge in [-0.15, -0.1) is 0 Å². The van der Waals surface area contributed by atoms with Gasteiger partial charge in [0.15, 0.2) is 12.4 Å². The summed E-state index contributed by atoms with van der Waals surface area (Å²) in [7, 11) is 0. The monoisotopic (exact) mass is 676 g/mol. The maximum atomic E-state index is 13.9. The number of ether oxygens (including phenoxy) is 1. The lowest BCUT2D eigenvalue weighted by molar-refractivity contribution is -0.182. The van der Waals surface area contributed by atoms with Crippen molar-refractivity contribution >= 4 is 34.9 Å². The van der Waals surface area contributed by atoms with Gasteiger partial charge in [0, 0.05) is 48.6 Å². The molecule has 0 unspecified atom stereocenters. The summed E-state index contributed by atoms with van der Waals surface area (Å²) in [5.74, 6) is -6.18. The Morgan fingerprint density at radius 1 is 1.09 bits per heavy atom. The zero-order valence-electron chi connectivity index (χ0n) is 24.8. The Hall–Kier alpha value is -3.42. The summed E-state index contributed by atoms with van der Waals surface area (Å²) in [6.07, 6.45) is -6.49. The molecule has 0 spiro atoms. The third kappa shape index (κ3) is 7.58. The quantitative estimate of drug-likeness (QED) is 0.247. The highest BCUT2D eigenvalue weighted by atomic mass is 35.5. The van der Waals surface area contributed by atoms with E-state index in [4.69, 9.17) is 16.3 Å². The first-order valence-electron chi connectivity index (χ1n) is 14.9. The Morgan fingerprint density at radius 3 is 2.39 bits per heavy atom. The van der Waals surface area contributed by atoms with Gasteiger partial charge in [-0.3, -0.25) is 9.59 Å². The molecule has 2 aliphatic carbocycles. The van der Waals surface area contributed by atoms with Gasteiger partial charge in [-0.1, -0.05) is 23.7 Å². The van der Waals surface area contributed by atoms with Crippen LogP contribution in [0, 0.1) is 11.3 Å². The zero-order valence-corrected chi connectivity index (χ0v) is 25.5. The molecule has 5 rings (SSSR count). The molecule has 2 amide bonds. The maximum absolute atomic E-state index is 13.9. The van der Waals surface area contributed by atoms with Gasteiger partial charge in [0.25, 0.3) is 18.3 Å². The third-order valence-electron chi connectivity index (χ3n) is 8.80. The van der Waals surface area contributed by atoms with Gasteiger partial charge >= 0.3 is 6.18 Å². The predicted octanol–water partition coefficient (Wildman–Crippen LogP) is 7.15. The number of fused-ring (bicyclic) bond motifs is 1. The predicted molar refractivity (Wildman–Crippen MR) is 155 cm³/mol. The van der Waals surface area contributed by atoms with E-state index < -0.39 is 54.3 Å². The van der Waals surface area contributed by atoms with E-state index in [1.807, 2.05) is 0 Å². The van der Waals surface area contributed by atoms with E-state index in [0.29, 0.717) is 27.4 Å². The second kappa shape index (κ2) is 13.0. The van der Waals surface area contributed by atoms with E-state index in [1.54, 1.807) is 18.2 Å². The summed E-state index contributed by atoms with van der Waals surface area (Å²) < 4.78 is 98.1. The van der Waals surface area contributed by atoms with E-state index in [2.05, 4.69) is 20.6 Å². The Kier molecular flexibility index (Phi) is 9.59. The van der Waals surface area contributed by atoms with Gasteiger partial charge in [-0.05, 0) is 61.8 Å². The number of benzene rings is 1. The van der Waals surface area contributed by atoms with Crippen molar-refractivity contribution in [3.63, 3.8) is 0 Å². The second-order valence-corrected chi connectivity index (χ2v) is 12.6. The number of nitrogens with zero attached hydrogens (tertiary/aromatic N) is 2. The smallest absolute Gasteiger partial charge is 0.391 e. The molecule has 1 aromatic carbocycles. The minimum Gasteiger partial charge on any atom is -0.471 e. The summed E-state index contributed by atoms with van der Waals surface area (Å²) in [5.41, 5.74) is 0.540. The van der Waals surface area contributed by atoms with Crippen LogP contribution in [0.3, 0.4) is 0 Å². The number of pyridine rings is 1. The van der Waals surface area contributed by atoms with Crippen LogP contribution in [-0.4, -0.2) is 53.7 Å².